The standard InChI is InChI=1S/C18H9ClN2O4/c19-14-6-5-10-7-8-20-9-13(10)15(14)18(24)25-21-16(22)11-3-1-2-4-12(11)17(21)23/h1-9H. The lowest BCUT2D eigenvalue weighted by atomic mass is 10.1. The van der Waals surface area contributed by atoms with Crippen LogP contribution in [0.2, 0.25) is 5.02 Å². The van der Waals surface area contributed by atoms with Crippen molar-refractivity contribution in [1.29, 1.82) is 0 Å². The van der Waals surface area contributed by atoms with Gasteiger partial charge in [0.05, 0.1) is 21.7 Å². The molecule has 25 heavy (non-hydrogen) atoms. The summed E-state index contributed by atoms with van der Waals surface area (Å²) in [7, 11) is 0. The Hall–Kier alpha value is -3.25. The minimum Gasteiger partial charge on any atom is -0.324 e. The van der Waals surface area contributed by atoms with Gasteiger partial charge in [0.15, 0.2) is 0 Å². The van der Waals surface area contributed by atoms with Crippen LogP contribution in [0.1, 0.15) is 31.1 Å². The zero-order valence-electron chi connectivity index (χ0n) is 12.6. The summed E-state index contributed by atoms with van der Waals surface area (Å²) < 4.78 is 0. The van der Waals surface area contributed by atoms with E-state index in [4.69, 9.17) is 16.4 Å². The number of pyridine rings is 1. The van der Waals surface area contributed by atoms with E-state index in [0.717, 1.165) is 5.39 Å². The molecule has 6 nitrogen and oxygen atoms in total. The fourth-order valence-electron chi connectivity index (χ4n) is 2.72. The molecule has 0 atom stereocenters. The van der Waals surface area contributed by atoms with E-state index in [2.05, 4.69) is 4.98 Å². The Morgan fingerprint density at radius 3 is 2.36 bits per heavy atom. The minimum absolute atomic E-state index is 0.0452. The van der Waals surface area contributed by atoms with Crippen LogP contribution in [0.5, 0.6) is 0 Å². The monoisotopic (exact) mass is 352 g/mol. The van der Waals surface area contributed by atoms with E-state index in [1.807, 2.05) is 0 Å². The van der Waals surface area contributed by atoms with E-state index >= 15 is 0 Å². The Morgan fingerprint density at radius 1 is 1.00 bits per heavy atom. The number of fused-ring (bicyclic) bond motifs is 2. The van der Waals surface area contributed by atoms with Crippen LogP contribution in [-0.2, 0) is 4.84 Å². The van der Waals surface area contributed by atoms with Crippen molar-refractivity contribution in [3.63, 3.8) is 0 Å². The lowest BCUT2D eigenvalue weighted by Gasteiger charge is -2.14. The molecular weight excluding hydrogens is 344 g/mol. The molecule has 7 heteroatoms. The smallest absolute Gasteiger partial charge is 0.324 e. The number of carbonyl (C=O) groups excluding carboxylic acids is 3. The molecular formula is C18H9ClN2O4. The molecule has 0 fully saturated rings. The fourth-order valence-corrected chi connectivity index (χ4v) is 2.96. The Balaban J connectivity index is 1.72. The molecule has 2 heterocycles. The van der Waals surface area contributed by atoms with E-state index in [-0.39, 0.29) is 21.7 Å². The Morgan fingerprint density at radius 2 is 1.68 bits per heavy atom. The van der Waals surface area contributed by atoms with E-state index in [0.29, 0.717) is 10.4 Å². The first-order chi connectivity index (χ1) is 12.1. The molecule has 122 valence electrons. The SMILES string of the molecule is O=C(ON1C(=O)c2ccccc2C1=O)c1c(Cl)ccc2ccncc12. The number of imide groups is 1. The summed E-state index contributed by atoms with van der Waals surface area (Å²) in [5, 5.41) is 1.80. The first-order valence-electron chi connectivity index (χ1n) is 7.30. The lowest BCUT2D eigenvalue weighted by Crippen LogP contribution is -2.32. The maximum Gasteiger partial charge on any atom is 0.366 e. The zero-order chi connectivity index (χ0) is 17.6. The Kier molecular flexibility index (Phi) is 3.47. The van der Waals surface area contributed by atoms with Crippen LogP contribution < -0.4 is 0 Å². The molecule has 0 spiro atoms. The maximum atomic E-state index is 12.6. The number of hydrogen-bond acceptors (Lipinski definition) is 5. The van der Waals surface area contributed by atoms with E-state index in [9.17, 15) is 14.4 Å². The van der Waals surface area contributed by atoms with Crippen molar-refractivity contribution in [3.05, 3.63) is 76.6 Å². The van der Waals surface area contributed by atoms with Gasteiger partial charge in [-0.1, -0.05) is 34.9 Å². The number of hydroxylamine groups is 2. The van der Waals surface area contributed by atoms with Crippen molar-refractivity contribution < 1.29 is 19.2 Å². The summed E-state index contributed by atoms with van der Waals surface area (Å²) >= 11 is 6.13. The highest BCUT2D eigenvalue weighted by molar-refractivity contribution is 6.35. The summed E-state index contributed by atoms with van der Waals surface area (Å²) in [6.07, 6.45) is 3.05. The van der Waals surface area contributed by atoms with Gasteiger partial charge >= 0.3 is 5.97 Å². The third kappa shape index (κ3) is 2.35. The largest absolute Gasteiger partial charge is 0.366 e. The zero-order valence-corrected chi connectivity index (χ0v) is 13.4. The summed E-state index contributed by atoms with van der Waals surface area (Å²) in [4.78, 5) is 46.3. The third-order valence-electron chi connectivity index (χ3n) is 3.91. The highest BCUT2D eigenvalue weighted by Gasteiger charge is 2.39. The van der Waals surface area contributed by atoms with Gasteiger partial charge in [-0.2, -0.15) is 0 Å². The van der Waals surface area contributed by atoms with Gasteiger partial charge in [-0.15, -0.1) is 0 Å². The van der Waals surface area contributed by atoms with Gasteiger partial charge in [0, 0.05) is 17.8 Å². The average Bonchev–Trinajstić information content (AvgIpc) is 2.87. The van der Waals surface area contributed by atoms with Crippen molar-refractivity contribution in [3.8, 4) is 0 Å². The predicted molar refractivity (Wildman–Crippen MR) is 89.1 cm³/mol. The lowest BCUT2D eigenvalue weighted by molar-refractivity contribution is -0.0583. The number of amides is 2. The second-order valence-corrected chi connectivity index (χ2v) is 5.76. The normalized spacial score (nSPS) is 13.2. The van der Waals surface area contributed by atoms with Crippen LogP contribution in [0.4, 0.5) is 0 Å². The van der Waals surface area contributed by atoms with Crippen LogP contribution in [0.25, 0.3) is 10.8 Å². The Bertz CT molecular complexity index is 1030. The molecule has 0 N–H and O–H groups in total. The highest BCUT2D eigenvalue weighted by atomic mass is 35.5. The number of halogens is 1. The van der Waals surface area contributed by atoms with Gasteiger partial charge in [0.25, 0.3) is 11.8 Å². The van der Waals surface area contributed by atoms with Gasteiger partial charge < -0.3 is 4.84 Å². The number of aromatic nitrogens is 1. The van der Waals surface area contributed by atoms with Crippen molar-refractivity contribution in [2.24, 2.45) is 0 Å². The van der Waals surface area contributed by atoms with E-state index in [1.165, 1.54) is 18.3 Å². The summed E-state index contributed by atoms with van der Waals surface area (Å²) in [6, 6.07) is 11.2. The molecule has 0 unspecified atom stereocenters. The van der Waals surface area contributed by atoms with Gasteiger partial charge in [-0.05, 0) is 29.7 Å². The summed E-state index contributed by atoms with van der Waals surface area (Å²) in [5.41, 5.74) is 0.417. The fraction of sp³-hybridized carbons (Fsp3) is 0. The minimum atomic E-state index is -0.905. The van der Waals surface area contributed by atoms with E-state index < -0.39 is 17.8 Å². The topological polar surface area (TPSA) is 76.6 Å². The third-order valence-corrected chi connectivity index (χ3v) is 4.22. The molecule has 0 saturated carbocycles. The molecule has 0 bridgehead atoms. The first kappa shape index (κ1) is 15.3. The molecule has 1 aromatic heterocycles. The second kappa shape index (κ2) is 5.68. The van der Waals surface area contributed by atoms with Crippen molar-refractivity contribution in [1.82, 2.24) is 10.0 Å². The molecule has 2 amide bonds. The van der Waals surface area contributed by atoms with Crippen molar-refractivity contribution >= 4 is 40.2 Å². The number of carbonyl (C=O) groups is 3. The van der Waals surface area contributed by atoms with Gasteiger partial charge in [0.1, 0.15) is 0 Å². The predicted octanol–water partition coefficient (Wildman–Crippen LogP) is 3.26. The van der Waals surface area contributed by atoms with Crippen LogP contribution in [-0.4, -0.2) is 27.8 Å². The van der Waals surface area contributed by atoms with Crippen molar-refractivity contribution in [2.75, 3.05) is 0 Å². The molecule has 1 aliphatic heterocycles. The Labute approximate surface area is 146 Å². The number of hydrogen-bond donors (Lipinski definition) is 0. The van der Waals surface area contributed by atoms with Gasteiger partial charge in [-0.25, -0.2) is 4.79 Å². The van der Waals surface area contributed by atoms with Crippen LogP contribution in [0.3, 0.4) is 0 Å². The average molecular weight is 353 g/mol. The van der Waals surface area contributed by atoms with Crippen molar-refractivity contribution in [2.45, 2.75) is 0 Å². The second-order valence-electron chi connectivity index (χ2n) is 5.35. The highest BCUT2D eigenvalue weighted by Crippen LogP contribution is 2.28. The molecule has 3 aromatic rings. The molecule has 0 aliphatic carbocycles. The summed E-state index contributed by atoms with van der Waals surface area (Å²) in [5.74, 6) is -2.29. The quantitative estimate of drug-likeness (QED) is 0.662. The van der Waals surface area contributed by atoms with Crippen LogP contribution in [0, 0.1) is 0 Å². The number of nitrogens with zero attached hydrogens (tertiary/aromatic N) is 2. The van der Waals surface area contributed by atoms with Gasteiger partial charge in [0.2, 0.25) is 0 Å². The maximum absolute atomic E-state index is 12.6. The molecule has 2 aromatic carbocycles. The first-order valence-corrected chi connectivity index (χ1v) is 7.68. The van der Waals surface area contributed by atoms with Crippen LogP contribution >= 0.6 is 11.6 Å². The molecule has 4 rings (SSSR count). The van der Waals surface area contributed by atoms with Gasteiger partial charge in [-0.3, -0.25) is 14.6 Å². The van der Waals surface area contributed by atoms with E-state index in [1.54, 1.807) is 36.5 Å². The number of benzene rings is 2. The number of rotatable bonds is 2. The molecule has 1 aliphatic rings. The van der Waals surface area contributed by atoms with Crippen LogP contribution in [0.15, 0.2) is 54.9 Å². The summed E-state index contributed by atoms with van der Waals surface area (Å²) in [6.45, 7) is 0. The molecule has 0 saturated heterocycles. The molecule has 0 radical (unpaired) electrons.